The van der Waals surface area contributed by atoms with Crippen LogP contribution in [0.4, 0.5) is 0 Å². The van der Waals surface area contributed by atoms with Gasteiger partial charge >= 0.3 is 0 Å². The van der Waals surface area contributed by atoms with Crippen molar-refractivity contribution in [1.29, 1.82) is 0 Å². The Morgan fingerprint density at radius 2 is 1.50 bits per heavy atom. The normalized spacial score (nSPS) is 12.2. The maximum atomic E-state index is 10.9. The maximum absolute atomic E-state index is 10.9. The number of benzene rings is 2. The molecule has 1 atom stereocenters. The van der Waals surface area contributed by atoms with Crippen LogP contribution in [0.5, 0.6) is 0 Å². The number of rotatable bonds is 6. The molecule has 2 aromatic rings. The summed E-state index contributed by atoms with van der Waals surface area (Å²) in [7, 11) is -2.41. The molecule has 2 aromatic carbocycles. The third-order valence-corrected chi connectivity index (χ3v) is 3.85. The molecule has 0 aliphatic heterocycles. The van der Waals surface area contributed by atoms with E-state index in [0.29, 0.717) is 6.42 Å². The van der Waals surface area contributed by atoms with Crippen molar-refractivity contribution in [2.45, 2.75) is 18.1 Å². The van der Waals surface area contributed by atoms with Gasteiger partial charge < -0.3 is 4.79 Å². The molecule has 0 fully saturated rings. The third kappa shape index (κ3) is 3.78. The van der Waals surface area contributed by atoms with Crippen LogP contribution in [-0.2, 0) is 21.3 Å². The molecule has 0 unspecified atom stereocenters. The molecule has 0 saturated heterocycles. The van der Waals surface area contributed by atoms with Crippen LogP contribution in [0.15, 0.2) is 54.6 Å². The summed E-state index contributed by atoms with van der Waals surface area (Å²) in [6.07, 6.45) is 1.33. The topological polar surface area (TPSA) is 51.2 Å². The van der Waals surface area contributed by atoms with E-state index >= 15 is 0 Å². The Morgan fingerprint density at radius 1 is 0.900 bits per heavy atom. The van der Waals surface area contributed by atoms with Crippen LogP contribution in [0.2, 0.25) is 0 Å². The van der Waals surface area contributed by atoms with Gasteiger partial charge in [0.15, 0.2) is 0 Å². The van der Waals surface area contributed by atoms with Crippen molar-refractivity contribution in [2.75, 3.05) is 0 Å². The number of carbonyl (C=O) groups excluding carboxylic acids is 1. The Labute approximate surface area is 120 Å². The third-order valence-electron chi connectivity index (χ3n) is 3.23. The van der Waals surface area contributed by atoms with Gasteiger partial charge in [-0.1, -0.05) is 54.6 Å². The van der Waals surface area contributed by atoms with Crippen molar-refractivity contribution in [2.24, 2.45) is 0 Å². The molecule has 0 heterocycles. The lowest BCUT2D eigenvalue weighted by molar-refractivity contribution is -0.108. The summed E-state index contributed by atoms with van der Waals surface area (Å²) < 4.78 is 21.4. The van der Waals surface area contributed by atoms with Crippen LogP contribution in [0.25, 0.3) is 0 Å². The minimum Gasteiger partial charge on any atom is -0.303 e. The molecule has 0 bridgehead atoms. The van der Waals surface area contributed by atoms with Crippen molar-refractivity contribution in [3.05, 3.63) is 71.3 Å². The number of thiol groups is 1. The van der Waals surface area contributed by atoms with Gasteiger partial charge in [-0.3, -0.25) is 0 Å². The van der Waals surface area contributed by atoms with Gasteiger partial charge in [-0.15, -0.1) is 0 Å². The number of hydrogen-bond donors (Lipinski definition) is 1. The molecular formula is C16H16O3S. The van der Waals surface area contributed by atoms with E-state index in [1.54, 1.807) is 12.1 Å². The molecule has 0 aliphatic carbocycles. The van der Waals surface area contributed by atoms with E-state index in [9.17, 15) is 13.2 Å². The first-order valence-corrected chi connectivity index (χ1v) is 7.76. The molecule has 0 saturated carbocycles. The Kier molecular flexibility index (Phi) is 5.07. The largest absolute Gasteiger partial charge is 0.303 e. The van der Waals surface area contributed by atoms with Gasteiger partial charge in [0, 0.05) is 12.3 Å². The van der Waals surface area contributed by atoms with E-state index in [0.717, 1.165) is 23.0 Å². The van der Waals surface area contributed by atoms with Crippen molar-refractivity contribution >= 4 is 17.0 Å². The smallest absolute Gasteiger partial charge is 0.144 e. The van der Waals surface area contributed by atoms with Gasteiger partial charge in [0.2, 0.25) is 0 Å². The van der Waals surface area contributed by atoms with Crippen molar-refractivity contribution in [3.8, 4) is 0 Å². The fourth-order valence-electron chi connectivity index (χ4n) is 2.25. The predicted octanol–water partition coefficient (Wildman–Crippen LogP) is 2.52. The standard InChI is InChI=1S/C16H16O3S/c17-11-10-16(14-4-2-1-3-5-14)15-8-6-13(7-9-15)12-20(18)19/h1-9,11,16,20H,10,12H2/t16-/m0/s1. The summed E-state index contributed by atoms with van der Waals surface area (Å²) in [6.45, 7) is 0. The van der Waals surface area contributed by atoms with E-state index in [1.807, 2.05) is 42.5 Å². The molecule has 0 amide bonds. The van der Waals surface area contributed by atoms with Gasteiger partial charge in [-0.05, 0) is 16.7 Å². The van der Waals surface area contributed by atoms with E-state index in [1.165, 1.54) is 0 Å². The van der Waals surface area contributed by atoms with Gasteiger partial charge in [0.05, 0.1) is 5.75 Å². The molecular weight excluding hydrogens is 272 g/mol. The minimum atomic E-state index is -2.41. The Balaban J connectivity index is 2.28. The molecule has 4 heteroatoms. The molecule has 2 rings (SSSR count). The second-order valence-electron chi connectivity index (χ2n) is 4.60. The first-order chi connectivity index (χ1) is 9.70. The molecule has 0 spiro atoms. The Morgan fingerprint density at radius 3 is 2.05 bits per heavy atom. The SMILES string of the molecule is O=CC[C@@H](c1ccccc1)c1ccc(C[SH](=O)=O)cc1. The zero-order chi connectivity index (χ0) is 14.4. The van der Waals surface area contributed by atoms with Crippen LogP contribution in [0.1, 0.15) is 29.0 Å². The summed E-state index contributed by atoms with van der Waals surface area (Å²) in [5, 5.41) is 0. The summed E-state index contributed by atoms with van der Waals surface area (Å²) in [5.74, 6) is 0.0722. The summed E-state index contributed by atoms with van der Waals surface area (Å²) in [6, 6.07) is 17.2. The highest BCUT2D eigenvalue weighted by Crippen LogP contribution is 2.27. The summed E-state index contributed by atoms with van der Waals surface area (Å²) >= 11 is 0. The molecule has 0 aliphatic rings. The zero-order valence-electron chi connectivity index (χ0n) is 10.9. The first kappa shape index (κ1) is 14.5. The Hall–Kier alpha value is -1.94. The Bertz CT molecular complexity index is 623. The lowest BCUT2D eigenvalue weighted by atomic mass is 9.89. The molecule has 20 heavy (non-hydrogen) atoms. The van der Waals surface area contributed by atoms with Gasteiger partial charge in [-0.25, -0.2) is 8.42 Å². The molecule has 104 valence electrons. The average molecular weight is 288 g/mol. The lowest BCUT2D eigenvalue weighted by Gasteiger charge is -2.15. The van der Waals surface area contributed by atoms with Crippen LogP contribution in [0, 0.1) is 0 Å². The number of carbonyl (C=O) groups is 1. The van der Waals surface area contributed by atoms with Gasteiger partial charge in [-0.2, -0.15) is 0 Å². The fraction of sp³-hybridized carbons (Fsp3) is 0.188. The van der Waals surface area contributed by atoms with E-state index in [4.69, 9.17) is 0 Å². The van der Waals surface area contributed by atoms with Crippen molar-refractivity contribution in [3.63, 3.8) is 0 Å². The highest BCUT2D eigenvalue weighted by Gasteiger charge is 2.13. The quantitative estimate of drug-likeness (QED) is 0.656. The predicted molar refractivity (Wildman–Crippen MR) is 79.4 cm³/mol. The second kappa shape index (κ2) is 7.01. The first-order valence-electron chi connectivity index (χ1n) is 6.40. The van der Waals surface area contributed by atoms with Gasteiger partial charge in [0.1, 0.15) is 17.0 Å². The summed E-state index contributed by atoms with van der Waals surface area (Å²) in [5.41, 5.74) is 2.87. The minimum absolute atomic E-state index is 0.0174. The zero-order valence-corrected chi connectivity index (χ0v) is 11.8. The van der Waals surface area contributed by atoms with E-state index in [2.05, 4.69) is 0 Å². The lowest BCUT2D eigenvalue weighted by Crippen LogP contribution is -2.02. The van der Waals surface area contributed by atoms with Crippen molar-refractivity contribution in [1.82, 2.24) is 0 Å². The monoisotopic (exact) mass is 288 g/mol. The van der Waals surface area contributed by atoms with E-state index in [-0.39, 0.29) is 11.7 Å². The van der Waals surface area contributed by atoms with E-state index < -0.39 is 10.7 Å². The highest BCUT2D eigenvalue weighted by molar-refractivity contribution is 7.71. The molecule has 3 nitrogen and oxygen atoms in total. The van der Waals surface area contributed by atoms with Crippen LogP contribution < -0.4 is 0 Å². The van der Waals surface area contributed by atoms with Crippen LogP contribution in [0.3, 0.4) is 0 Å². The maximum Gasteiger partial charge on any atom is 0.144 e. The van der Waals surface area contributed by atoms with Crippen molar-refractivity contribution < 1.29 is 13.2 Å². The van der Waals surface area contributed by atoms with Gasteiger partial charge in [0.25, 0.3) is 0 Å². The van der Waals surface area contributed by atoms with Crippen LogP contribution >= 0.6 is 0 Å². The number of hydrogen-bond acceptors (Lipinski definition) is 3. The average Bonchev–Trinajstić information content (AvgIpc) is 2.46. The molecule has 0 N–H and O–H groups in total. The second-order valence-corrected chi connectivity index (χ2v) is 5.58. The molecule has 0 radical (unpaired) electrons. The number of aldehydes is 1. The fourth-order valence-corrected chi connectivity index (χ4v) is 2.76. The summed E-state index contributed by atoms with van der Waals surface area (Å²) in [4.78, 5) is 10.9. The molecule has 0 aromatic heterocycles. The van der Waals surface area contributed by atoms with Crippen LogP contribution in [-0.4, -0.2) is 14.7 Å². The highest BCUT2D eigenvalue weighted by atomic mass is 32.2.